The summed E-state index contributed by atoms with van der Waals surface area (Å²) >= 11 is 3.43. The molecule has 1 fully saturated rings. The van der Waals surface area contributed by atoms with E-state index in [1.807, 2.05) is 0 Å². The fraction of sp³-hybridized carbons (Fsp3) is 0.500. The van der Waals surface area contributed by atoms with Crippen molar-refractivity contribution in [1.82, 2.24) is 4.90 Å². The molecule has 0 bridgehead atoms. The minimum absolute atomic E-state index is 0.0716. The zero-order valence-electron chi connectivity index (χ0n) is 8.69. The molecule has 0 unspecified atom stereocenters. The van der Waals surface area contributed by atoms with Crippen molar-refractivity contribution >= 4 is 15.9 Å². The molecule has 82 valence electrons. The summed E-state index contributed by atoms with van der Waals surface area (Å²) in [4.78, 5) is 2.30. The molecule has 3 heteroatoms. The maximum Gasteiger partial charge on any atom is 0.0793 e. The van der Waals surface area contributed by atoms with Crippen LogP contribution in [0.5, 0.6) is 0 Å². The second kappa shape index (κ2) is 5.10. The van der Waals surface area contributed by atoms with Crippen molar-refractivity contribution in [3.8, 4) is 0 Å². The topological polar surface area (TPSA) is 23.5 Å². The van der Waals surface area contributed by atoms with Gasteiger partial charge in [0.05, 0.1) is 6.10 Å². The van der Waals surface area contributed by atoms with Gasteiger partial charge in [0, 0.05) is 17.6 Å². The number of aryl methyl sites for hydroxylation is 1. The van der Waals surface area contributed by atoms with Crippen molar-refractivity contribution < 1.29 is 5.11 Å². The molecule has 0 aromatic heterocycles. The van der Waals surface area contributed by atoms with Gasteiger partial charge in [-0.25, -0.2) is 0 Å². The van der Waals surface area contributed by atoms with Crippen LogP contribution in [0.3, 0.4) is 0 Å². The molecule has 1 saturated heterocycles. The molecule has 1 aliphatic heterocycles. The number of hydrogen-bond acceptors (Lipinski definition) is 2. The molecule has 1 aromatic carbocycles. The van der Waals surface area contributed by atoms with Crippen molar-refractivity contribution in [2.24, 2.45) is 0 Å². The fourth-order valence-corrected chi connectivity index (χ4v) is 2.15. The number of aliphatic hydroxyl groups is 1. The fourth-order valence-electron chi connectivity index (χ4n) is 1.88. The highest BCUT2D eigenvalue weighted by Gasteiger charge is 2.22. The first kappa shape index (κ1) is 11.1. The molecule has 0 amide bonds. The van der Waals surface area contributed by atoms with Gasteiger partial charge < -0.3 is 5.11 Å². The summed E-state index contributed by atoms with van der Waals surface area (Å²) in [6.07, 6.45) is 2.23. The predicted octanol–water partition coefficient (Wildman–Crippen LogP) is 2.06. The number of likely N-dealkylation sites (tertiary alicyclic amines) is 1. The lowest BCUT2D eigenvalue weighted by molar-refractivity contribution is 0.00188. The van der Waals surface area contributed by atoms with E-state index in [0.29, 0.717) is 0 Å². The molecular weight excluding hydrogens is 254 g/mol. The number of benzene rings is 1. The number of halogens is 1. The van der Waals surface area contributed by atoms with Gasteiger partial charge in [-0.3, -0.25) is 4.90 Å². The normalized spacial score (nSPS) is 17.7. The van der Waals surface area contributed by atoms with Gasteiger partial charge in [0.1, 0.15) is 0 Å². The highest BCUT2D eigenvalue weighted by atomic mass is 79.9. The summed E-state index contributed by atoms with van der Waals surface area (Å²) in [6.45, 7) is 2.83. The molecule has 0 radical (unpaired) electrons. The van der Waals surface area contributed by atoms with E-state index >= 15 is 0 Å². The average Bonchev–Trinajstić information content (AvgIpc) is 2.18. The van der Waals surface area contributed by atoms with E-state index in [9.17, 15) is 0 Å². The molecule has 0 aliphatic carbocycles. The Balaban J connectivity index is 1.67. The van der Waals surface area contributed by atoms with Gasteiger partial charge in [0.15, 0.2) is 0 Å². The van der Waals surface area contributed by atoms with Gasteiger partial charge in [-0.05, 0) is 37.1 Å². The monoisotopic (exact) mass is 269 g/mol. The lowest BCUT2D eigenvalue weighted by atomic mass is 10.1. The van der Waals surface area contributed by atoms with Crippen LogP contribution >= 0.6 is 15.9 Å². The lowest BCUT2D eigenvalue weighted by Crippen LogP contribution is -2.50. The van der Waals surface area contributed by atoms with Crippen molar-refractivity contribution in [3.05, 3.63) is 34.3 Å². The summed E-state index contributed by atoms with van der Waals surface area (Å²) in [6, 6.07) is 8.50. The van der Waals surface area contributed by atoms with Crippen LogP contribution in [0.15, 0.2) is 28.7 Å². The number of hydrogen-bond donors (Lipinski definition) is 1. The van der Waals surface area contributed by atoms with Gasteiger partial charge in [0.25, 0.3) is 0 Å². The maximum absolute atomic E-state index is 9.12. The summed E-state index contributed by atoms with van der Waals surface area (Å²) < 4.78 is 1.14. The van der Waals surface area contributed by atoms with Gasteiger partial charge in [-0.15, -0.1) is 0 Å². The van der Waals surface area contributed by atoms with E-state index in [4.69, 9.17) is 5.11 Å². The number of rotatable bonds is 4. The molecule has 1 aliphatic rings. The van der Waals surface area contributed by atoms with Crippen LogP contribution in [-0.4, -0.2) is 35.7 Å². The van der Waals surface area contributed by atoms with Gasteiger partial charge in [-0.2, -0.15) is 0 Å². The Morgan fingerprint density at radius 3 is 2.53 bits per heavy atom. The molecule has 0 saturated carbocycles. The van der Waals surface area contributed by atoms with Gasteiger partial charge in [-0.1, -0.05) is 28.1 Å². The standard InChI is InChI=1S/C12H16BrNO/c13-11-5-3-10(4-6-11)2-1-7-14-8-12(15)9-14/h3-6,12,15H,1-2,7-9H2. The second-order valence-corrected chi connectivity index (χ2v) is 5.06. The molecule has 2 nitrogen and oxygen atoms in total. The van der Waals surface area contributed by atoms with E-state index in [2.05, 4.69) is 45.1 Å². The Morgan fingerprint density at radius 2 is 1.93 bits per heavy atom. The van der Waals surface area contributed by atoms with Gasteiger partial charge in [0.2, 0.25) is 0 Å². The highest BCUT2D eigenvalue weighted by Crippen LogP contribution is 2.13. The zero-order valence-corrected chi connectivity index (χ0v) is 10.3. The lowest BCUT2D eigenvalue weighted by Gasteiger charge is -2.35. The average molecular weight is 270 g/mol. The first-order valence-corrected chi connectivity index (χ1v) is 6.18. The van der Waals surface area contributed by atoms with E-state index in [1.54, 1.807) is 0 Å². The predicted molar refractivity (Wildman–Crippen MR) is 64.9 cm³/mol. The van der Waals surface area contributed by atoms with E-state index in [1.165, 1.54) is 12.0 Å². The minimum Gasteiger partial charge on any atom is -0.390 e. The molecule has 15 heavy (non-hydrogen) atoms. The van der Waals surface area contributed by atoms with Crippen LogP contribution in [0.25, 0.3) is 0 Å². The zero-order chi connectivity index (χ0) is 10.7. The Labute approximate surface area is 99.0 Å². The first-order chi connectivity index (χ1) is 7.24. The SMILES string of the molecule is OC1CN(CCCc2ccc(Br)cc2)C1. The van der Waals surface area contributed by atoms with E-state index in [-0.39, 0.29) is 6.10 Å². The summed E-state index contributed by atoms with van der Waals surface area (Å²) in [7, 11) is 0. The number of aliphatic hydroxyl groups excluding tert-OH is 1. The van der Waals surface area contributed by atoms with Crippen molar-refractivity contribution in [3.63, 3.8) is 0 Å². The summed E-state index contributed by atoms with van der Waals surface area (Å²) in [5, 5.41) is 9.12. The van der Waals surface area contributed by atoms with Crippen LogP contribution < -0.4 is 0 Å². The molecule has 2 rings (SSSR count). The van der Waals surface area contributed by atoms with Crippen molar-refractivity contribution in [2.45, 2.75) is 18.9 Å². The quantitative estimate of drug-likeness (QED) is 0.905. The maximum atomic E-state index is 9.12. The minimum atomic E-state index is -0.0716. The van der Waals surface area contributed by atoms with Crippen molar-refractivity contribution in [1.29, 1.82) is 0 Å². The Hall–Kier alpha value is -0.380. The van der Waals surface area contributed by atoms with Crippen LogP contribution in [0.1, 0.15) is 12.0 Å². The highest BCUT2D eigenvalue weighted by molar-refractivity contribution is 9.10. The Morgan fingerprint density at radius 1 is 1.27 bits per heavy atom. The third kappa shape index (κ3) is 3.30. The van der Waals surface area contributed by atoms with Crippen LogP contribution in [-0.2, 0) is 6.42 Å². The van der Waals surface area contributed by atoms with Gasteiger partial charge >= 0.3 is 0 Å². The van der Waals surface area contributed by atoms with Crippen molar-refractivity contribution in [2.75, 3.05) is 19.6 Å². The van der Waals surface area contributed by atoms with Crippen LogP contribution in [0.2, 0.25) is 0 Å². The molecule has 1 heterocycles. The smallest absolute Gasteiger partial charge is 0.0793 e. The van der Waals surface area contributed by atoms with Crippen LogP contribution in [0, 0.1) is 0 Å². The Bertz CT molecular complexity index is 306. The third-order valence-corrected chi connectivity index (χ3v) is 3.32. The molecule has 0 spiro atoms. The third-order valence-electron chi connectivity index (χ3n) is 2.79. The molecule has 0 atom stereocenters. The van der Waals surface area contributed by atoms with E-state index < -0.39 is 0 Å². The Kier molecular flexibility index (Phi) is 3.78. The molecule has 1 aromatic rings. The number of β-amino-alcohol motifs (C(OH)–C–C–N with tert-alkyl or cyclic N) is 1. The van der Waals surface area contributed by atoms with E-state index in [0.717, 1.165) is 30.5 Å². The number of nitrogens with zero attached hydrogens (tertiary/aromatic N) is 1. The second-order valence-electron chi connectivity index (χ2n) is 4.14. The first-order valence-electron chi connectivity index (χ1n) is 5.39. The summed E-state index contributed by atoms with van der Waals surface area (Å²) in [5.74, 6) is 0. The van der Waals surface area contributed by atoms with Crippen LogP contribution in [0.4, 0.5) is 0 Å². The summed E-state index contributed by atoms with van der Waals surface area (Å²) in [5.41, 5.74) is 1.39. The molecule has 1 N–H and O–H groups in total. The largest absolute Gasteiger partial charge is 0.390 e. The molecular formula is C12H16BrNO.